The molecular weight excluding hydrogens is 362 g/mol. The molecule has 0 bridgehead atoms. The minimum Gasteiger partial charge on any atom is -0.495 e. The van der Waals surface area contributed by atoms with Crippen molar-refractivity contribution in [2.24, 2.45) is 7.05 Å². The molecule has 2 aromatic heterocycles. The molecule has 0 aliphatic carbocycles. The van der Waals surface area contributed by atoms with Gasteiger partial charge in [0.2, 0.25) is 5.95 Å². The first-order valence-corrected chi connectivity index (χ1v) is 9.18. The lowest BCUT2D eigenvalue weighted by molar-refractivity contribution is 0.184. The number of anilines is 2. The van der Waals surface area contributed by atoms with E-state index in [1.54, 1.807) is 21.3 Å². The molecule has 0 atom stereocenters. The minimum absolute atomic E-state index is 0.203. The molecule has 0 amide bonds. The summed E-state index contributed by atoms with van der Waals surface area (Å²) in [4.78, 5) is 32.5. The number of nitrogens with zero attached hydrogens (tertiary/aromatic N) is 5. The summed E-state index contributed by atoms with van der Waals surface area (Å²) in [6.07, 6.45) is 0.844. The molecule has 148 valence electrons. The fourth-order valence-corrected chi connectivity index (χ4v) is 3.73. The second kappa shape index (κ2) is 7.16. The highest BCUT2D eigenvalue weighted by Gasteiger charge is 2.28. The van der Waals surface area contributed by atoms with Crippen LogP contribution in [-0.4, -0.2) is 46.1 Å². The number of imidazole rings is 1. The van der Waals surface area contributed by atoms with Gasteiger partial charge in [-0.2, -0.15) is 4.98 Å². The molecule has 0 spiro atoms. The first-order valence-electron chi connectivity index (χ1n) is 9.18. The zero-order valence-corrected chi connectivity index (χ0v) is 16.2. The Morgan fingerprint density at radius 1 is 1.14 bits per heavy atom. The SMILES string of the molecule is COCCn1c(=O)c2c(nc3n2CCCN3c2ccccc2OC)n(C)c1=O. The van der Waals surface area contributed by atoms with Gasteiger partial charge in [0.1, 0.15) is 5.75 Å². The number of hydrogen-bond acceptors (Lipinski definition) is 6. The van der Waals surface area contributed by atoms with Gasteiger partial charge in [0, 0.05) is 27.2 Å². The van der Waals surface area contributed by atoms with Crippen molar-refractivity contribution in [2.75, 3.05) is 32.3 Å². The first kappa shape index (κ1) is 18.3. The van der Waals surface area contributed by atoms with Crippen LogP contribution in [0.4, 0.5) is 11.6 Å². The van der Waals surface area contributed by atoms with Crippen LogP contribution in [0.1, 0.15) is 6.42 Å². The minimum atomic E-state index is -0.395. The van der Waals surface area contributed by atoms with Crippen molar-refractivity contribution in [2.45, 2.75) is 19.5 Å². The number of ether oxygens (including phenoxy) is 2. The fraction of sp³-hybridized carbons (Fsp3) is 0.421. The summed E-state index contributed by atoms with van der Waals surface area (Å²) >= 11 is 0. The molecule has 0 fully saturated rings. The number of methoxy groups -OCH3 is 2. The van der Waals surface area contributed by atoms with E-state index in [1.807, 2.05) is 33.7 Å². The zero-order valence-electron chi connectivity index (χ0n) is 16.2. The van der Waals surface area contributed by atoms with Crippen LogP contribution in [0.2, 0.25) is 0 Å². The van der Waals surface area contributed by atoms with Crippen LogP contribution in [0.25, 0.3) is 11.2 Å². The quantitative estimate of drug-likeness (QED) is 0.654. The molecule has 9 heteroatoms. The monoisotopic (exact) mass is 385 g/mol. The average Bonchev–Trinajstić information content (AvgIpc) is 3.12. The summed E-state index contributed by atoms with van der Waals surface area (Å²) in [5, 5.41) is 0. The highest BCUT2D eigenvalue weighted by molar-refractivity contribution is 5.78. The average molecular weight is 385 g/mol. The smallest absolute Gasteiger partial charge is 0.332 e. The van der Waals surface area contributed by atoms with Gasteiger partial charge >= 0.3 is 5.69 Å². The summed E-state index contributed by atoms with van der Waals surface area (Å²) in [7, 11) is 4.81. The van der Waals surface area contributed by atoms with E-state index in [1.165, 1.54) is 9.13 Å². The largest absolute Gasteiger partial charge is 0.495 e. The van der Waals surface area contributed by atoms with Crippen LogP contribution in [0.15, 0.2) is 33.9 Å². The molecule has 1 aliphatic rings. The molecule has 0 radical (unpaired) electrons. The number of para-hydroxylation sites is 2. The molecule has 0 unspecified atom stereocenters. The number of aromatic nitrogens is 4. The Bertz CT molecular complexity index is 1140. The van der Waals surface area contributed by atoms with Crippen LogP contribution in [0.5, 0.6) is 5.75 Å². The second-order valence-electron chi connectivity index (χ2n) is 6.70. The number of rotatable bonds is 5. The Labute approximate surface area is 161 Å². The Morgan fingerprint density at radius 2 is 1.93 bits per heavy atom. The molecule has 0 saturated carbocycles. The Balaban J connectivity index is 1.96. The van der Waals surface area contributed by atoms with E-state index >= 15 is 0 Å². The summed E-state index contributed by atoms with van der Waals surface area (Å²) in [5.41, 5.74) is 0.976. The normalized spacial score (nSPS) is 13.8. The van der Waals surface area contributed by atoms with Crippen molar-refractivity contribution in [3.05, 3.63) is 45.1 Å². The summed E-state index contributed by atoms with van der Waals surface area (Å²) in [6.45, 7) is 1.90. The Morgan fingerprint density at radius 3 is 2.68 bits per heavy atom. The van der Waals surface area contributed by atoms with Gasteiger partial charge in [-0.05, 0) is 18.6 Å². The third-order valence-electron chi connectivity index (χ3n) is 5.11. The molecule has 28 heavy (non-hydrogen) atoms. The van der Waals surface area contributed by atoms with Gasteiger partial charge in [-0.15, -0.1) is 0 Å². The van der Waals surface area contributed by atoms with E-state index in [9.17, 15) is 9.59 Å². The van der Waals surface area contributed by atoms with E-state index in [0.717, 1.165) is 24.4 Å². The van der Waals surface area contributed by atoms with Gasteiger partial charge in [0.25, 0.3) is 5.56 Å². The predicted molar refractivity (Wildman–Crippen MR) is 106 cm³/mol. The van der Waals surface area contributed by atoms with Crippen molar-refractivity contribution in [3.63, 3.8) is 0 Å². The Hall–Kier alpha value is -3.07. The highest BCUT2D eigenvalue weighted by atomic mass is 16.5. The van der Waals surface area contributed by atoms with Crippen molar-refractivity contribution in [3.8, 4) is 5.75 Å². The number of hydrogen-bond donors (Lipinski definition) is 0. The van der Waals surface area contributed by atoms with Crippen LogP contribution in [-0.2, 0) is 24.9 Å². The van der Waals surface area contributed by atoms with Gasteiger partial charge in [-0.25, -0.2) is 4.79 Å². The Kier molecular flexibility index (Phi) is 4.68. The predicted octanol–water partition coefficient (Wildman–Crippen LogP) is 1.09. The van der Waals surface area contributed by atoms with Crippen molar-refractivity contribution < 1.29 is 9.47 Å². The summed E-state index contributed by atoms with van der Waals surface area (Å²) in [5.74, 6) is 1.37. The molecule has 4 rings (SSSR count). The number of aryl methyl sites for hydroxylation is 2. The van der Waals surface area contributed by atoms with E-state index in [0.29, 0.717) is 23.7 Å². The third-order valence-corrected chi connectivity index (χ3v) is 5.11. The molecule has 3 heterocycles. The van der Waals surface area contributed by atoms with Gasteiger partial charge < -0.3 is 18.9 Å². The van der Waals surface area contributed by atoms with Crippen LogP contribution in [0.3, 0.4) is 0 Å². The molecule has 9 nitrogen and oxygen atoms in total. The summed E-state index contributed by atoms with van der Waals surface area (Å²) < 4.78 is 15.1. The maximum atomic E-state index is 13.1. The zero-order chi connectivity index (χ0) is 19.8. The van der Waals surface area contributed by atoms with Crippen LogP contribution >= 0.6 is 0 Å². The van der Waals surface area contributed by atoms with Crippen molar-refractivity contribution in [1.29, 1.82) is 0 Å². The highest BCUT2D eigenvalue weighted by Crippen LogP contribution is 2.36. The van der Waals surface area contributed by atoms with Crippen molar-refractivity contribution in [1.82, 2.24) is 18.7 Å². The van der Waals surface area contributed by atoms with E-state index in [2.05, 4.69) is 4.98 Å². The van der Waals surface area contributed by atoms with E-state index in [4.69, 9.17) is 9.47 Å². The lowest BCUT2D eigenvalue weighted by atomic mass is 10.2. The molecular formula is C19H23N5O4. The van der Waals surface area contributed by atoms with Crippen LogP contribution in [0, 0.1) is 0 Å². The third kappa shape index (κ3) is 2.70. The van der Waals surface area contributed by atoms with Gasteiger partial charge in [0.15, 0.2) is 11.2 Å². The molecule has 3 aromatic rings. The van der Waals surface area contributed by atoms with Crippen molar-refractivity contribution >= 4 is 22.8 Å². The van der Waals surface area contributed by atoms with Gasteiger partial charge in [-0.1, -0.05) is 12.1 Å². The van der Waals surface area contributed by atoms with Gasteiger partial charge in [-0.3, -0.25) is 13.9 Å². The lowest BCUT2D eigenvalue weighted by Crippen LogP contribution is -2.40. The molecule has 0 N–H and O–H groups in total. The second-order valence-corrected chi connectivity index (χ2v) is 6.70. The van der Waals surface area contributed by atoms with Crippen LogP contribution < -0.4 is 20.9 Å². The maximum Gasteiger partial charge on any atom is 0.332 e. The number of benzene rings is 1. The molecule has 0 saturated heterocycles. The first-order chi connectivity index (χ1) is 13.6. The van der Waals surface area contributed by atoms with Gasteiger partial charge in [0.05, 0.1) is 25.9 Å². The standard InChI is InChI=1S/C19H23N5O4/c1-21-16-15(17(25)24(19(21)26)11-12-27-2)23-10-6-9-22(18(23)20-16)13-7-4-5-8-14(13)28-3/h4-5,7-8H,6,9-12H2,1-3H3. The number of fused-ring (bicyclic) bond motifs is 3. The molecule has 1 aliphatic heterocycles. The van der Waals surface area contributed by atoms with E-state index in [-0.39, 0.29) is 18.7 Å². The van der Waals surface area contributed by atoms with E-state index < -0.39 is 5.69 Å². The molecule has 1 aromatic carbocycles. The lowest BCUT2D eigenvalue weighted by Gasteiger charge is -2.30. The topological polar surface area (TPSA) is 83.5 Å². The fourth-order valence-electron chi connectivity index (χ4n) is 3.73. The maximum absolute atomic E-state index is 13.1. The summed E-state index contributed by atoms with van der Waals surface area (Å²) in [6, 6.07) is 7.70.